The molecule has 2 bridgehead atoms. The fourth-order valence-corrected chi connectivity index (χ4v) is 7.10. The number of halogens is 2. The van der Waals surface area contributed by atoms with Crippen molar-refractivity contribution in [1.29, 1.82) is 0 Å². The normalized spacial score (nSPS) is 24.9. The molecule has 3 aliphatic rings. The number of pyridine rings is 1. The molecule has 2 unspecified atom stereocenters. The molecule has 1 aromatic heterocycles. The van der Waals surface area contributed by atoms with Crippen LogP contribution in [0.2, 0.25) is 0 Å². The van der Waals surface area contributed by atoms with E-state index >= 15 is 0 Å². The van der Waals surface area contributed by atoms with Gasteiger partial charge in [0.05, 0.1) is 0 Å². The van der Waals surface area contributed by atoms with Gasteiger partial charge in [0.25, 0.3) is 0 Å². The first-order valence-corrected chi connectivity index (χ1v) is 21.0. The van der Waals surface area contributed by atoms with E-state index in [9.17, 15) is 0 Å². The Morgan fingerprint density at radius 2 is 0.977 bits per heavy atom. The van der Waals surface area contributed by atoms with E-state index in [0.29, 0.717) is 24.2 Å². The summed E-state index contributed by atoms with van der Waals surface area (Å²) >= 11 is 0.00694. The molecule has 2 saturated carbocycles. The maximum absolute atomic E-state index is 5.19. The molecule has 0 saturated heterocycles. The van der Waals surface area contributed by atoms with Gasteiger partial charge in [0.2, 0.25) is 0 Å². The fraction of sp³-hybridized carbons (Fsp3) is 0.857. The number of hydrogen-bond donors (Lipinski definition) is 0. The third-order valence-electron chi connectivity index (χ3n) is 9.50. The summed E-state index contributed by atoms with van der Waals surface area (Å²) < 4.78 is 0. The van der Waals surface area contributed by atoms with Crippen molar-refractivity contribution in [1.82, 2.24) is 4.98 Å². The van der Waals surface area contributed by atoms with Crippen LogP contribution >= 0.6 is 20.2 Å². The molecule has 0 amide bonds. The summed E-state index contributed by atoms with van der Waals surface area (Å²) in [6.45, 7) is 5.47. The monoisotopic (exact) mass is 674 g/mol. The first-order chi connectivity index (χ1) is 21.2. The van der Waals surface area contributed by atoms with E-state index in [0.717, 1.165) is 44.0 Å². The summed E-state index contributed by atoms with van der Waals surface area (Å²) in [6, 6.07) is 6.16. The van der Waals surface area contributed by atoms with E-state index in [1.807, 2.05) is 0 Å². The van der Waals surface area contributed by atoms with E-state index < -0.39 is 0 Å². The van der Waals surface area contributed by atoms with E-state index in [1.165, 1.54) is 134 Å². The van der Waals surface area contributed by atoms with Gasteiger partial charge in [-0.25, -0.2) is 0 Å². The van der Waals surface area contributed by atoms with Gasteiger partial charge >= 0.3 is 33.3 Å². The van der Waals surface area contributed by atoms with Crippen LogP contribution in [0.4, 0.5) is 0 Å². The van der Waals surface area contributed by atoms with Crippen molar-refractivity contribution in [2.75, 3.05) is 13.1 Å². The van der Waals surface area contributed by atoms with Gasteiger partial charge in [-0.15, -0.1) is 13.1 Å². The Balaban J connectivity index is 0.00000162. The fourth-order valence-electron chi connectivity index (χ4n) is 7.10. The van der Waals surface area contributed by atoms with Gasteiger partial charge in [0, 0.05) is 11.4 Å². The number of aryl methyl sites for hydroxylation is 1. The molecule has 4 atom stereocenters. The van der Waals surface area contributed by atoms with Crippen LogP contribution < -0.4 is 0 Å². The Morgan fingerprint density at radius 1 is 0.605 bits per heavy atom. The second kappa shape index (κ2) is 24.3. The molecule has 2 aliphatic carbocycles. The SMILES string of the molecule is CCCCCCCCCCCCCCc1cc2nc(c1)C[N-][C@@H]1CCCCC1[N-]CC[N-]C1CCCC[C@@H]1[N-]C2.[Cl][Mn][Cl]. The third-order valence-corrected chi connectivity index (χ3v) is 9.50. The Bertz CT molecular complexity index is 783. The van der Waals surface area contributed by atoms with Crippen molar-refractivity contribution in [2.24, 2.45) is 0 Å². The first kappa shape index (κ1) is 37.5. The number of aromatic nitrogens is 1. The quantitative estimate of drug-likeness (QED) is 0.152. The minimum atomic E-state index is 0.00694. The number of fused-ring (bicyclic) bond motifs is 4. The number of rotatable bonds is 13. The van der Waals surface area contributed by atoms with Crippen molar-refractivity contribution in [2.45, 2.75) is 179 Å². The van der Waals surface area contributed by atoms with Crippen LogP contribution in [-0.4, -0.2) is 42.2 Å². The molecule has 249 valence electrons. The zero-order valence-corrected chi connectivity index (χ0v) is 29.7. The minimum absolute atomic E-state index is 0.00694. The van der Waals surface area contributed by atoms with Gasteiger partial charge in [-0.05, 0) is 30.5 Å². The predicted octanol–water partition coefficient (Wildman–Crippen LogP) is 11.8. The van der Waals surface area contributed by atoms with Crippen LogP contribution in [0.25, 0.3) is 21.3 Å². The molecule has 0 N–H and O–H groups in total. The van der Waals surface area contributed by atoms with Gasteiger partial charge < -0.3 is 21.3 Å². The predicted molar refractivity (Wildman–Crippen MR) is 183 cm³/mol. The zero-order valence-electron chi connectivity index (χ0n) is 27.0. The molecule has 2 fully saturated rings. The van der Waals surface area contributed by atoms with E-state index in [-0.39, 0.29) is 13.1 Å². The van der Waals surface area contributed by atoms with Gasteiger partial charge in [-0.1, -0.05) is 129 Å². The Labute approximate surface area is 279 Å². The van der Waals surface area contributed by atoms with Gasteiger partial charge in [0.15, 0.2) is 0 Å². The summed E-state index contributed by atoms with van der Waals surface area (Å²) in [5.41, 5.74) is 3.73. The molecule has 2 heterocycles. The molecule has 0 radical (unpaired) electrons. The summed E-state index contributed by atoms with van der Waals surface area (Å²) in [4.78, 5) is 5.08. The summed E-state index contributed by atoms with van der Waals surface area (Å²) in [6.07, 6.45) is 27.8. The van der Waals surface area contributed by atoms with Crippen molar-refractivity contribution in [3.05, 3.63) is 50.4 Å². The van der Waals surface area contributed by atoms with Gasteiger partial charge in [0.1, 0.15) is 0 Å². The van der Waals surface area contributed by atoms with Crippen LogP contribution in [0.3, 0.4) is 0 Å². The average molecular weight is 676 g/mol. The molecular formula is C35H59Cl2MnN5-4. The van der Waals surface area contributed by atoms with Crippen molar-refractivity contribution in [3.63, 3.8) is 0 Å². The topological polar surface area (TPSA) is 69.3 Å². The van der Waals surface area contributed by atoms with E-state index in [2.05, 4.69) is 19.1 Å². The third kappa shape index (κ3) is 16.0. The standard InChI is InChI=1S/C35H59N5.2ClH.Mn/c1-2-3-4-5-6-7-8-9-10-11-12-13-18-29-25-30-27-38-34-21-16-14-19-32(34)36-23-24-37-33-20-15-17-22-35(33)39-28-31(26-29)40-30;;;/h25-26,32-35H,2-24,27-28H2,1H3;2*1H;/q-4;;;+2/p-2/t32?,33?,34-,35+;;;. The van der Waals surface area contributed by atoms with Crippen LogP contribution in [-0.2, 0) is 32.6 Å². The number of hydrogen-bond acceptors (Lipinski definition) is 1. The first-order valence-electron chi connectivity index (χ1n) is 17.8. The van der Waals surface area contributed by atoms with Crippen molar-refractivity contribution < 1.29 is 13.1 Å². The molecule has 1 aliphatic heterocycles. The van der Waals surface area contributed by atoms with Gasteiger partial charge in [-0.3, -0.25) is 4.98 Å². The Hall–Kier alpha value is 0.0895. The number of nitrogens with zero attached hydrogens (tertiary/aromatic N) is 5. The molecule has 1 aromatic rings. The van der Waals surface area contributed by atoms with Crippen molar-refractivity contribution >= 4 is 20.2 Å². The Morgan fingerprint density at radius 3 is 1.40 bits per heavy atom. The average Bonchev–Trinajstić information content (AvgIpc) is 3.03. The van der Waals surface area contributed by atoms with Crippen LogP contribution in [0, 0.1) is 0 Å². The van der Waals surface area contributed by atoms with E-state index in [4.69, 9.17) is 46.4 Å². The number of unbranched alkanes of at least 4 members (excludes halogenated alkanes) is 11. The molecule has 0 spiro atoms. The second-order valence-electron chi connectivity index (χ2n) is 13.0. The zero-order chi connectivity index (χ0) is 30.4. The Kier molecular flexibility index (Phi) is 21.2. The molecule has 43 heavy (non-hydrogen) atoms. The maximum atomic E-state index is 5.19. The molecule has 5 nitrogen and oxygen atoms in total. The van der Waals surface area contributed by atoms with Crippen molar-refractivity contribution in [3.8, 4) is 0 Å². The summed E-state index contributed by atoms with van der Waals surface area (Å²) in [5.74, 6) is 0. The molecule has 8 heteroatoms. The van der Waals surface area contributed by atoms with Crippen LogP contribution in [0.1, 0.15) is 152 Å². The summed E-state index contributed by atoms with van der Waals surface area (Å²) in [7, 11) is 9.59. The molecule has 4 rings (SSSR count). The van der Waals surface area contributed by atoms with Gasteiger partial charge in [-0.2, -0.15) is 37.3 Å². The van der Waals surface area contributed by atoms with E-state index in [1.54, 1.807) is 0 Å². The summed E-state index contributed by atoms with van der Waals surface area (Å²) in [5, 5.41) is 20.6. The van der Waals surface area contributed by atoms with Crippen LogP contribution in [0.5, 0.6) is 0 Å². The molecule has 0 aromatic carbocycles. The molecular weight excluding hydrogens is 616 g/mol. The van der Waals surface area contributed by atoms with Crippen LogP contribution in [0.15, 0.2) is 12.1 Å². The second-order valence-corrected chi connectivity index (χ2v) is 14.9.